The lowest BCUT2D eigenvalue weighted by atomic mass is 10.1. The van der Waals surface area contributed by atoms with E-state index in [0.29, 0.717) is 6.54 Å². The van der Waals surface area contributed by atoms with Gasteiger partial charge >= 0.3 is 0 Å². The van der Waals surface area contributed by atoms with Gasteiger partial charge in [0.1, 0.15) is 0 Å². The van der Waals surface area contributed by atoms with Crippen LogP contribution in [0.4, 0.5) is 0 Å². The van der Waals surface area contributed by atoms with Gasteiger partial charge in [0.05, 0.1) is 0 Å². The molecule has 0 radical (unpaired) electrons. The summed E-state index contributed by atoms with van der Waals surface area (Å²) in [5, 5.41) is 0. The maximum Gasteiger partial charge on any atom is 0.0274 e. The molecule has 18 heavy (non-hydrogen) atoms. The fourth-order valence-corrected chi connectivity index (χ4v) is 4.22. The first kappa shape index (κ1) is 12.6. The third-order valence-electron chi connectivity index (χ3n) is 4.34. The fourth-order valence-electron chi connectivity index (χ4n) is 3.29. The molecule has 2 N–H and O–H groups in total. The lowest BCUT2D eigenvalue weighted by molar-refractivity contribution is 0.0993. The molecule has 1 unspecified atom stereocenters. The highest BCUT2D eigenvalue weighted by atomic mass is 32.1. The number of rotatable bonds is 3. The van der Waals surface area contributed by atoms with Crippen molar-refractivity contribution in [1.29, 1.82) is 0 Å². The molecule has 3 rings (SSSR count). The molecule has 0 bridgehead atoms. The predicted octanol–water partition coefficient (Wildman–Crippen LogP) is 1.80. The van der Waals surface area contributed by atoms with Crippen molar-refractivity contribution in [3.8, 4) is 0 Å². The van der Waals surface area contributed by atoms with Gasteiger partial charge in [-0.3, -0.25) is 9.80 Å². The smallest absolute Gasteiger partial charge is 0.0274 e. The highest BCUT2D eigenvalue weighted by Gasteiger charge is 2.30. The summed E-state index contributed by atoms with van der Waals surface area (Å²) in [7, 11) is 0. The number of fused-ring (bicyclic) bond motifs is 1. The van der Waals surface area contributed by atoms with E-state index in [9.17, 15) is 0 Å². The van der Waals surface area contributed by atoms with Gasteiger partial charge in [-0.25, -0.2) is 0 Å². The molecule has 2 fully saturated rings. The zero-order valence-electron chi connectivity index (χ0n) is 11.2. The lowest BCUT2D eigenvalue weighted by Crippen LogP contribution is -2.49. The number of nitrogens with two attached hydrogens (primary N) is 1. The molecule has 3 nitrogen and oxygen atoms in total. The number of aryl methyl sites for hydroxylation is 1. The Bertz CT molecular complexity index is 415. The number of thiophene rings is 1. The summed E-state index contributed by atoms with van der Waals surface area (Å²) < 4.78 is 0. The molecule has 0 amide bonds. The number of nitrogens with zero attached hydrogens (tertiary/aromatic N) is 2. The lowest BCUT2D eigenvalue weighted by Gasteiger charge is -2.37. The average molecular weight is 265 g/mol. The minimum Gasteiger partial charge on any atom is -0.326 e. The van der Waals surface area contributed by atoms with E-state index in [0.717, 1.165) is 12.6 Å². The molecule has 1 aromatic heterocycles. The van der Waals surface area contributed by atoms with Crippen LogP contribution in [0.25, 0.3) is 0 Å². The molecule has 0 aliphatic carbocycles. The second-order valence-corrected chi connectivity index (χ2v) is 6.91. The molecule has 0 aromatic carbocycles. The zero-order chi connectivity index (χ0) is 12.5. The summed E-state index contributed by atoms with van der Waals surface area (Å²) in [4.78, 5) is 8.07. The van der Waals surface area contributed by atoms with Crippen LogP contribution in [0.3, 0.4) is 0 Å². The Morgan fingerprint density at radius 1 is 1.39 bits per heavy atom. The predicted molar refractivity (Wildman–Crippen MR) is 76.8 cm³/mol. The van der Waals surface area contributed by atoms with Crippen molar-refractivity contribution in [1.82, 2.24) is 9.80 Å². The number of hydrogen-bond acceptors (Lipinski definition) is 4. The molecule has 2 aliphatic heterocycles. The SMILES string of the molecule is Cc1sc(CN)cc1CN1CCN2CCCC2C1. The topological polar surface area (TPSA) is 32.5 Å². The van der Waals surface area contributed by atoms with Crippen LogP contribution in [0, 0.1) is 6.92 Å². The van der Waals surface area contributed by atoms with Crippen LogP contribution in [0.5, 0.6) is 0 Å². The molecule has 4 heteroatoms. The van der Waals surface area contributed by atoms with Crippen molar-refractivity contribution >= 4 is 11.3 Å². The zero-order valence-corrected chi connectivity index (χ0v) is 12.0. The molecule has 2 aliphatic rings. The maximum atomic E-state index is 5.73. The van der Waals surface area contributed by atoms with Crippen molar-refractivity contribution in [3.05, 3.63) is 21.4 Å². The summed E-state index contributed by atoms with van der Waals surface area (Å²) in [6, 6.07) is 3.13. The van der Waals surface area contributed by atoms with Gasteiger partial charge in [0, 0.05) is 48.5 Å². The normalized spacial score (nSPS) is 25.6. The van der Waals surface area contributed by atoms with Crippen molar-refractivity contribution in [2.45, 2.75) is 38.9 Å². The van der Waals surface area contributed by atoms with Gasteiger partial charge in [0.25, 0.3) is 0 Å². The van der Waals surface area contributed by atoms with Crippen molar-refractivity contribution in [2.24, 2.45) is 5.73 Å². The number of piperazine rings is 1. The molecule has 3 heterocycles. The molecule has 0 spiro atoms. The molecule has 2 saturated heterocycles. The molecule has 0 saturated carbocycles. The van der Waals surface area contributed by atoms with Gasteiger partial charge in [-0.1, -0.05) is 0 Å². The van der Waals surface area contributed by atoms with Gasteiger partial charge in [0.2, 0.25) is 0 Å². The van der Waals surface area contributed by atoms with Crippen LogP contribution in [0.1, 0.15) is 28.2 Å². The minimum absolute atomic E-state index is 0.682. The summed E-state index contributed by atoms with van der Waals surface area (Å²) in [5.74, 6) is 0. The van der Waals surface area contributed by atoms with E-state index >= 15 is 0 Å². The van der Waals surface area contributed by atoms with Crippen LogP contribution < -0.4 is 5.73 Å². The van der Waals surface area contributed by atoms with E-state index in [-0.39, 0.29) is 0 Å². The van der Waals surface area contributed by atoms with Crippen LogP contribution in [0.15, 0.2) is 6.07 Å². The minimum atomic E-state index is 0.682. The first-order valence-corrected chi connectivity index (χ1v) is 7.82. The highest BCUT2D eigenvalue weighted by Crippen LogP contribution is 2.26. The first-order chi connectivity index (χ1) is 8.76. The van der Waals surface area contributed by atoms with E-state index < -0.39 is 0 Å². The monoisotopic (exact) mass is 265 g/mol. The molecule has 1 aromatic rings. The Kier molecular flexibility index (Phi) is 3.71. The third-order valence-corrected chi connectivity index (χ3v) is 5.45. The van der Waals surface area contributed by atoms with E-state index in [1.165, 1.54) is 54.3 Å². The van der Waals surface area contributed by atoms with Gasteiger partial charge in [-0.15, -0.1) is 11.3 Å². The fraction of sp³-hybridized carbons (Fsp3) is 0.714. The van der Waals surface area contributed by atoms with Gasteiger partial charge < -0.3 is 5.73 Å². The molecule has 100 valence electrons. The summed E-state index contributed by atoms with van der Waals surface area (Å²) >= 11 is 1.86. The second-order valence-electron chi connectivity index (χ2n) is 5.57. The van der Waals surface area contributed by atoms with Crippen molar-refractivity contribution < 1.29 is 0 Å². The van der Waals surface area contributed by atoms with Gasteiger partial charge in [-0.2, -0.15) is 0 Å². The van der Waals surface area contributed by atoms with E-state index in [1.807, 2.05) is 11.3 Å². The molecular formula is C14H23N3S. The molecule has 1 atom stereocenters. The second kappa shape index (κ2) is 5.29. The van der Waals surface area contributed by atoms with Crippen molar-refractivity contribution in [3.63, 3.8) is 0 Å². The largest absolute Gasteiger partial charge is 0.326 e. The van der Waals surface area contributed by atoms with Crippen LogP contribution in [0.2, 0.25) is 0 Å². The maximum absolute atomic E-state index is 5.73. The van der Waals surface area contributed by atoms with Crippen LogP contribution >= 0.6 is 11.3 Å². The quantitative estimate of drug-likeness (QED) is 0.904. The summed E-state index contributed by atoms with van der Waals surface area (Å²) in [6.45, 7) is 9.10. The number of hydrogen-bond donors (Lipinski definition) is 1. The Hall–Kier alpha value is -0.420. The van der Waals surface area contributed by atoms with E-state index in [1.54, 1.807) is 0 Å². The standard InChI is InChI=1S/C14H23N3S/c1-11-12(7-14(8-15)18-11)9-16-5-6-17-4-2-3-13(17)10-16/h7,13H,2-6,8-10,15H2,1H3. The third kappa shape index (κ3) is 2.48. The summed E-state index contributed by atoms with van der Waals surface area (Å²) in [5.41, 5.74) is 7.22. The van der Waals surface area contributed by atoms with Gasteiger partial charge in [-0.05, 0) is 37.9 Å². The Labute approximate surface area is 114 Å². The van der Waals surface area contributed by atoms with Crippen molar-refractivity contribution in [2.75, 3.05) is 26.2 Å². The molecular weight excluding hydrogens is 242 g/mol. The van der Waals surface area contributed by atoms with Gasteiger partial charge in [0.15, 0.2) is 0 Å². The Balaban J connectivity index is 1.63. The average Bonchev–Trinajstić information content (AvgIpc) is 2.96. The van der Waals surface area contributed by atoms with E-state index in [2.05, 4.69) is 22.8 Å². The van der Waals surface area contributed by atoms with Crippen LogP contribution in [-0.2, 0) is 13.1 Å². The highest BCUT2D eigenvalue weighted by molar-refractivity contribution is 7.12. The first-order valence-electron chi connectivity index (χ1n) is 7.01. The Morgan fingerprint density at radius 3 is 3.06 bits per heavy atom. The summed E-state index contributed by atoms with van der Waals surface area (Å²) in [6.07, 6.45) is 2.79. The van der Waals surface area contributed by atoms with Crippen LogP contribution in [-0.4, -0.2) is 42.0 Å². The Morgan fingerprint density at radius 2 is 2.28 bits per heavy atom. The van der Waals surface area contributed by atoms with E-state index in [4.69, 9.17) is 5.73 Å².